The maximum absolute atomic E-state index is 14.6. The zero-order valence-electron chi connectivity index (χ0n) is 18.2. The molecule has 32 heavy (non-hydrogen) atoms. The summed E-state index contributed by atoms with van der Waals surface area (Å²) in [5.74, 6) is -0.716. The van der Waals surface area contributed by atoms with E-state index in [2.05, 4.69) is 5.10 Å². The zero-order valence-corrected chi connectivity index (χ0v) is 19.0. The monoisotopic (exact) mass is 457 g/mol. The maximum Gasteiger partial charge on any atom is 0.262 e. The van der Waals surface area contributed by atoms with Gasteiger partial charge in [0.1, 0.15) is 12.4 Å². The number of nitrogens with zero attached hydrogens (tertiary/aromatic N) is 3. The summed E-state index contributed by atoms with van der Waals surface area (Å²) in [6.07, 6.45) is 4.23. The highest BCUT2D eigenvalue weighted by Gasteiger charge is 2.37. The Kier molecular flexibility index (Phi) is 7.32. The number of thiophene rings is 1. The van der Waals surface area contributed by atoms with E-state index in [0.29, 0.717) is 25.1 Å². The minimum atomic E-state index is -0.536. The minimum Gasteiger partial charge on any atom is -0.383 e. The summed E-state index contributed by atoms with van der Waals surface area (Å²) >= 11 is 1.54. The molecule has 0 saturated heterocycles. The molecular weight excluding hydrogens is 429 g/mol. The fourth-order valence-electron chi connectivity index (χ4n) is 4.45. The molecule has 0 radical (unpaired) electrons. The molecule has 170 valence electrons. The van der Waals surface area contributed by atoms with E-state index in [-0.39, 0.29) is 30.1 Å². The predicted molar refractivity (Wildman–Crippen MR) is 122 cm³/mol. The van der Waals surface area contributed by atoms with Gasteiger partial charge >= 0.3 is 0 Å². The van der Waals surface area contributed by atoms with Crippen LogP contribution in [0, 0.1) is 11.7 Å². The van der Waals surface area contributed by atoms with Crippen molar-refractivity contribution in [1.82, 2.24) is 9.91 Å². The standard InChI is InChI=1S/C24H28FN3O3S/c1-31-13-12-27(24(30)17-7-2-3-8-17)16-23(29)28-21(18-9-4-5-10-19(18)25)15-20(26-28)22-11-6-14-32-22/h4-6,9-11,14,17,21H,2-3,7-8,12-13,15-16H2,1H3/t21-/m0/s1. The van der Waals surface area contributed by atoms with Crippen LogP contribution in [0.3, 0.4) is 0 Å². The van der Waals surface area contributed by atoms with Gasteiger partial charge in [-0.05, 0) is 30.4 Å². The van der Waals surface area contributed by atoms with Crippen LogP contribution in [-0.4, -0.2) is 54.2 Å². The number of hydrogen-bond acceptors (Lipinski definition) is 5. The van der Waals surface area contributed by atoms with Gasteiger partial charge in [0.25, 0.3) is 5.91 Å². The Morgan fingerprint density at radius 3 is 2.69 bits per heavy atom. The fourth-order valence-corrected chi connectivity index (χ4v) is 5.18. The molecule has 0 spiro atoms. The molecule has 0 N–H and O–H groups in total. The van der Waals surface area contributed by atoms with Gasteiger partial charge in [0.15, 0.2) is 0 Å². The number of carbonyl (C=O) groups is 2. The molecule has 1 atom stereocenters. The van der Waals surface area contributed by atoms with Crippen LogP contribution >= 0.6 is 11.3 Å². The topological polar surface area (TPSA) is 62.2 Å². The van der Waals surface area contributed by atoms with Crippen LogP contribution in [0.5, 0.6) is 0 Å². The Morgan fingerprint density at radius 1 is 1.22 bits per heavy atom. The quantitative estimate of drug-likeness (QED) is 0.596. The van der Waals surface area contributed by atoms with E-state index in [1.807, 2.05) is 17.5 Å². The second-order valence-corrected chi connectivity index (χ2v) is 9.19. The van der Waals surface area contributed by atoms with Crippen LogP contribution < -0.4 is 0 Å². The summed E-state index contributed by atoms with van der Waals surface area (Å²) in [5.41, 5.74) is 1.19. The summed E-state index contributed by atoms with van der Waals surface area (Å²) in [6, 6.07) is 9.83. The fraction of sp³-hybridized carbons (Fsp3) is 0.458. The Morgan fingerprint density at radius 2 is 2.00 bits per heavy atom. The molecule has 2 amide bonds. The van der Waals surface area contributed by atoms with Gasteiger partial charge < -0.3 is 9.64 Å². The number of carbonyl (C=O) groups excluding carboxylic acids is 2. The van der Waals surface area contributed by atoms with Crippen molar-refractivity contribution in [3.05, 3.63) is 58.0 Å². The van der Waals surface area contributed by atoms with Gasteiger partial charge in [0, 0.05) is 31.6 Å². The summed E-state index contributed by atoms with van der Waals surface area (Å²) in [7, 11) is 1.58. The van der Waals surface area contributed by atoms with Gasteiger partial charge in [-0.15, -0.1) is 11.3 Å². The number of benzene rings is 1. The smallest absolute Gasteiger partial charge is 0.262 e. The largest absolute Gasteiger partial charge is 0.383 e. The van der Waals surface area contributed by atoms with Crippen molar-refractivity contribution < 1.29 is 18.7 Å². The SMILES string of the molecule is COCCN(CC(=O)N1N=C(c2cccs2)C[C@H]1c1ccccc1F)C(=O)C1CCCC1. The second kappa shape index (κ2) is 10.4. The second-order valence-electron chi connectivity index (χ2n) is 8.24. The summed E-state index contributed by atoms with van der Waals surface area (Å²) in [6.45, 7) is 0.605. The van der Waals surface area contributed by atoms with Crippen molar-refractivity contribution >= 4 is 28.9 Å². The molecule has 6 nitrogen and oxygen atoms in total. The van der Waals surface area contributed by atoms with Crippen LogP contribution in [0.15, 0.2) is 46.9 Å². The summed E-state index contributed by atoms with van der Waals surface area (Å²) in [5, 5.41) is 7.92. The van der Waals surface area contributed by atoms with E-state index in [1.54, 1.807) is 30.2 Å². The van der Waals surface area contributed by atoms with Crippen molar-refractivity contribution in [3.63, 3.8) is 0 Å². The average molecular weight is 458 g/mol. The Bertz CT molecular complexity index is 973. The van der Waals surface area contributed by atoms with Crippen molar-refractivity contribution in [1.29, 1.82) is 0 Å². The molecule has 8 heteroatoms. The molecule has 1 saturated carbocycles. The van der Waals surface area contributed by atoms with Crippen LogP contribution in [-0.2, 0) is 14.3 Å². The molecule has 1 fully saturated rings. The highest BCUT2D eigenvalue weighted by molar-refractivity contribution is 7.12. The normalized spacial score (nSPS) is 18.8. The van der Waals surface area contributed by atoms with Crippen LogP contribution in [0.4, 0.5) is 4.39 Å². The third-order valence-electron chi connectivity index (χ3n) is 6.14. The third-order valence-corrected chi connectivity index (χ3v) is 7.06. The first kappa shape index (κ1) is 22.6. The first-order valence-electron chi connectivity index (χ1n) is 11.0. The van der Waals surface area contributed by atoms with Gasteiger partial charge in [-0.3, -0.25) is 9.59 Å². The summed E-state index contributed by atoms with van der Waals surface area (Å²) < 4.78 is 19.8. The van der Waals surface area contributed by atoms with E-state index >= 15 is 0 Å². The number of methoxy groups -OCH3 is 1. The molecule has 2 aliphatic rings. The number of hydrogen-bond donors (Lipinski definition) is 0. The molecule has 1 aromatic heterocycles. The van der Waals surface area contributed by atoms with Gasteiger partial charge in [-0.25, -0.2) is 9.40 Å². The van der Waals surface area contributed by atoms with Crippen LogP contribution in [0.1, 0.15) is 48.6 Å². The third kappa shape index (κ3) is 4.91. The van der Waals surface area contributed by atoms with Crippen LogP contribution in [0.2, 0.25) is 0 Å². The van der Waals surface area contributed by atoms with Gasteiger partial charge in [0.2, 0.25) is 5.91 Å². The molecule has 4 rings (SSSR count). The molecule has 1 aliphatic heterocycles. The lowest BCUT2D eigenvalue weighted by Gasteiger charge is -2.28. The number of halogens is 1. The average Bonchev–Trinajstić information content (AvgIpc) is 3.57. The van der Waals surface area contributed by atoms with Crippen LogP contribution in [0.25, 0.3) is 0 Å². The van der Waals surface area contributed by atoms with Gasteiger partial charge in [-0.2, -0.15) is 5.10 Å². The van der Waals surface area contributed by atoms with Gasteiger partial charge in [0.05, 0.1) is 23.2 Å². The lowest BCUT2D eigenvalue weighted by molar-refractivity contribution is -0.144. The minimum absolute atomic E-state index is 0.00278. The zero-order chi connectivity index (χ0) is 22.5. The van der Waals surface area contributed by atoms with Crippen molar-refractivity contribution in [3.8, 4) is 0 Å². The molecule has 1 aliphatic carbocycles. The Labute approximate surface area is 191 Å². The first-order chi connectivity index (χ1) is 15.6. The van der Waals surface area contributed by atoms with Crippen molar-refractivity contribution in [2.24, 2.45) is 11.0 Å². The highest BCUT2D eigenvalue weighted by Crippen LogP contribution is 2.35. The number of ether oxygens (including phenoxy) is 1. The molecule has 0 unspecified atom stereocenters. The van der Waals surface area contributed by atoms with Crippen molar-refractivity contribution in [2.75, 3.05) is 26.8 Å². The maximum atomic E-state index is 14.6. The lowest BCUT2D eigenvalue weighted by Crippen LogP contribution is -2.44. The van der Waals surface area contributed by atoms with E-state index in [4.69, 9.17) is 4.74 Å². The Hall–Kier alpha value is -2.58. The molecule has 1 aromatic carbocycles. The van der Waals surface area contributed by atoms with E-state index in [9.17, 15) is 14.0 Å². The Balaban J connectivity index is 1.58. The van der Waals surface area contributed by atoms with Crippen molar-refractivity contribution in [2.45, 2.75) is 38.1 Å². The predicted octanol–water partition coefficient (Wildman–Crippen LogP) is 4.23. The number of rotatable bonds is 8. The highest BCUT2D eigenvalue weighted by atomic mass is 32.1. The summed E-state index contributed by atoms with van der Waals surface area (Å²) in [4.78, 5) is 29.0. The number of hydrazone groups is 1. The lowest BCUT2D eigenvalue weighted by atomic mass is 10.0. The number of amides is 2. The first-order valence-corrected chi connectivity index (χ1v) is 11.9. The van der Waals surface area contributed by atoms with Gasteiger partial charge in [-0.1, -0.05) is 37.1 Å². The molecule has 0 bridgehead atoms. The van der Waals surface area contributed by atoms with E-state index in [1.165, 1.54) is 22.4 Å². The van der Waals surface area contributed by atoms with E-state index in [0.717, 1.165) is 36.3 Å². The molecule has 2 heterocycles. The molecular formula is C24H28FN3O3S. The van der Waals surface area contributed by atoms with E-state index < -0.39 is 6.04 Å². The molecule has 2 aromatic rings.